The number of phenols is 1. The number of anilines is 1. The first-order chi connectivity index (χ1) is 9.79. The number of fused-ring (bicyclic) bond motifs is 1. The summed E-state index contributed by atoms with van der Waals surface area (Å²) < 4.78 is 5.10. The number of hydrogen-bond donors (Lipinski definition) is 3. The summed E-state index contributed by atoms with van der Waals surface area (Å²) in [6, 6.07) is 11.4. The standard InChI is InChI=1S/C15H15N3O2/c1-20-13-7-3-5-11(15(13)19)8-16-12-6-2-4-10-9-17-18-14(10)12/h2-7,9,16,19H,8H2,1H3,(H,17,18). The molecule has 3 rings (SSSR count). The topological polar surface area (TPSA) is 70.2 Å². The van der Waals surface area contributed by atoms with E-state index in [4.69, 9.17) is 4.74 Å². The second-order valence-corrected chi connectivity index (χ2v) is 4.46. The number of nitrogens with one attached hydrogen (secondary N) is 2. The van der Waals surface area contributed by atoms with Gasteiger partial charge in [0.25, 0.3) is 0 Å². The maximum atomic E-state index is 10.1. The number of nitrogens with zero attached hydrogens (tertiary/aromatic N) is 1. The van der Waals surface area contributed by atoms with Crippen LogP contribution in [0.2, 0.25) is 0 Å². The van der Waals surface area contributed by atoms with Gasteiger partial charge in [-0.15, -0.1) is 0 Å². The molecule has 0 amide bonds. The van der Waals surface area contributed by atoms with Crippen molar-refractivity contribution in [2.24, 2.45) is 0 Å². The van der Waals surface area contributed by atoms with Crippen molar-refractivity contribution in [2.45, 2.75) is 6.54 Å². The molecule has 3 N–H and O–H groups in total. The largest absolute Gasteiger partial charge is 0.504 e. The average molecular weight is 269 g/mol. The van der Waals surface area contributed by atoms with E-state index < -0.39 is 0 Å². The molecule has 5 nitrogen and oxygen atoms in total. The summed E-state index contributed by atoms with van der Waals surface area (Å²) in [7, 11) is 1.54. The van der Waals surface area contributed by atoms with E-state index in [2.05, 4.69) is 15.5 Å². The van der Waals surface area contributed by atoms with E-state index in [1.54, 1.807) is 12.3 Å². The normalized spacial score (nSPS) is 10.7. The molecule has 0 saturated carbocycles. The summed E-state index contributed by atoms with van der Waals surface area (Å²) in [4.78, 5) is 0. The van der Waals surface area contributed by atoms with E-state index in [1.165, 1.54) is 7.11 Å². The molecule has 5 heteroatoms. The van der Waals surface area contributed by atoms with Crippen molar-refractivity contribution in [3.05, 3.63) is 48.2 Å². The van der Waals surface area contributed by atoms with E-state index in [9.17, 15) is 5.11 Å². The van der Waals surface area contributed by atoms with Gasteiger partial charge < -0.3 is 15.2 Å². The second kappa shape index (κ2) is 5.13. The number of aromatic amines is 1. The lowest BCUT2D eigenvalue weighted by Crippen LogP contribution is -2.01. The Hall–Kier alpha value is -2.69. The highest BCUT2D eigenvalue weighted by Gasteiger charge is 2.08. The Balaban J connectivity index is 1.85. The number of benzene rings is 2. The molecule has 0 fully saturated rings. The number of aromatic hydroxyl groups is 1. The van der Waals surface area contributed by atoms with E-state index in [-0.39, 0.29) is 5.75 Å². The molecule has 0 aliphatic heterocycles. The van der Waals surface area contributed by atoms with Crippen molar-refractivity contribution >= 4 is 16.6 Å². The number of rotatable bonds is 4. The van der Waals surface area contributed by atoms with Gasteiger partial charge in [0.05, 0.1) is 24.5 Å². The first-order valence-corrected chi connectivity index (χ1v) is 6.30. The minimum Gasteiger partial charge on any atom is -0.504 e. The van der Waals surface area contributed by atoms with Gasteiger partial charge in [-0.05, 0) is 12.1 Å². The molecule has 0 radical (unpaired) electrons. The molecule has 1 aromatic heterocycles. The van der Waals surface area contributed by atoms with Gasteiger partial charge >= 0.3 is 0 Å². The van der Waals surface area contributed by atoms with E-state index in [1.807, 2.05) is 30.3 Å². The summed E-state index contributed by atoms with van der Waals surface area (Å²) in [5.74, 6) is 0.642. The SMILES string of the molecule is COc1cccc(CNc2cccc3cn[nH]c23)c1O. The minimum atomic E-state index is 0.166. The molecular formula is C15H15N3O2. The predicted molar refractivity (Wildman–Crippen MR) is 78.1 cm³/mol. The summed E-state index contributed by atoms with van der Waals surface area (Å²) >= 11 is 0. The Morgan fingerprint density at radius 3 is 2.95 bits per heavy atom. The van der Waals surface area contributed by atoms with Gasteiger partial charge in [-0.25, -0.2) is 0 Å². The molecular weight excluding hydrogens is 254 g/mol. The third-order valence-electron chi connectivity index (χ3n) is 3.25. The molecule has 0 spiro atoms. The van der Waals surface area contributed by atoms with Crippen LogP contribution in [0.4, 0.5) is 5.69 Å². The molecule has 0 atom stereocenters. The molecule has 0 bridgehead atoms. The lowest BCUT2D eigenvalue weighted by Gasteiger charge is -2.11. The van der Waals surface area contributed by atoms with E-state index >= 15 is 0 Å². The van der Waals surface area contributed by atoms with Gasteiger partial charge in [-0.1, -0.05) is 24.3 Å². The zero-order valence-corrected chi connectivity index (χ0v) is 11.1. The summed E-state index contributed by atoms with van der Waals surface area (Å²) in [5.41, 5.74) is 2.68. The van der Waals surface area contributed by atoms with Gasteiger partial charge in [-0.2, -0.15) is 5.10 Å². The molecule has 0 aliphatic carbocycles. The number of methoxy groups -OCH3 is 1. The van der Waals surface area contributed by atoms with Crippen LogP contribution in [0, 0.1) is 0 Å². The van der Waals surface area contributed by atoms with Crippen LogP contribution in [0.1, 0.15) is 5.56 Å². The molecule has 102 valence electrons. The fraction of sp³-hybridized carbons (Fsp3) is 0.133. The van der Waals surface area contributed by atoms with Gasteiger partial charge in [-0.3, -0.25) is 5.10 Å². The van der Waals surface area contributed by atoms with Crippen molar-refractivity contribution in [2.75, 3.05) is 12.4 Å². The smallest absolute Gasteiger partial charge is 0.162 e. The monoisotopic (exact) mass is 269 g/mol. The molecule has 3 aromatic rings. The number of para-hydroxylation sites is 2. The van der Waals surface area contributed by atoms with Crippen LogP contribution in [-0.4, -0.2) is 22.4 Å². The van der Waals surface area contributed by atoms with Gasteiger partial charge in [0.1, 0.15) is 0 Å². The van der Waals surface area contributed by atoms with Crippen LogP contribution < -0.4 is 10.1 Å². The van der Waals surface area contributed by atoms with Crippen molar-refractivity contribution < 1.29 is 9.84 Å². The Morgan fingerprint density at radius 1 is 1.25 bits per heavy atom. The van der Waals surface area contributed by atoms with Gasteiger partial charge in [0, 0.05) is 17.5 Å². The van der Waals surface area contributed by atoms with Crippen LogP contribution in [-0.2, 0) is 6.54 Å². The fourth-order valence-electron chi connectivity index (χ4n) is 2.18. The van der Waals surface area contributed by atoms with Gasteiger partial charge in [0.15, 0.2) is 11.5 Å². The predicted octanol–water partition coefficient (Wildman–Crippen LogP) is 2.89. The van der Waals surface area contributed by atoms with Crippen molar-refractivity contribution in [3.8, 4) is 11.5 Å². The first-order valence-electron chi connectivity index (χ1n) is 6.30. The number of H-pyrrole nitrogens is 1. The van der Waals surface area contributed by atoms with Crippen molar-refractivity contribution in [3.63, 3.8) is 0 Å². The number of phenolic OH excluding ortho intramolecular Hbond substituents is 1. The highest BCUT2D eigenvalue weighted by molar-refractivity contribution is 5.89. The molecule has 0 aliphatic rings. The zero-order chi connectivity index (χ0) is 13.9. The third-order valence-corrected chi connectivity index (χ3v) is 3.25. The summed E-state index contributed by atoms with van der Waals surface area (Å²) in [6.45, 7) is 0.501. The molecule has 0 unspecified atom stereocenters. The second-order valence-electron chi connectivity index (χ2n) is 4.46. The van der Waals surface area contributed by atoms with Gasteiger partial charge in [0.2, 0.25) is 0 Å². The van der Waals surface area contributed by atoms with Crippen molar-refractivity contribution in [1.82, 2.24) is 10.2 Å². The van der Waals surface area contributed by atoms with E-state index in [0.717, 1.165) is 22.2 Å². The Bertz CT molecular complexity index is 737. The highest BCUT2D eigenvalue weighted by atomic mass is 16.5. The zero-order valence-electron chi connectivity index (χ0n) is 11.1. The summed E-state index contributed by atoms with van der Waals surface area (Å²) in [6.07, 6.45) is 1.78. The van der Waals surface area contributed by atoms with Crippen LogP contribution in [0.5, 0.6) is 11.5 Å². The summed E-state index contributed by atoms with van der Waals surface area (Å²) in [5, 5.41) is 21.4. The Kier molecular flexibility index (Phi) is 3.16. The Labute approximate surface area is 116 Å². The average Bonchev–Trinajstić information content (AvgIpc) is 2.95. The maximum absolute atomic E-state index is 10.1. The van der Waals surface area contributed by atoms with Crippen LogP contribution >= 0.6 is 0 Å². The van der Waals surface area contributed by atoms with Crippen LogP contribution in [0.3, 0.4) is 0 Å². The molecule has 20 heavy (non-hydrogen) atoms. The molecule has 0 saturated heterocycles. The van der Waals surface area contributed by atoms with Crippen LogP contribution in [0.25, 0.3) is 10.9 Å². The first kappa shape index (κ1) is 12.3. The van der Waals surface area contributed by atoms with Crippen molar-refractivity contribution in [1.29, 1.82) is 0 Å². The molecule has 2 aromatic carbocycles. The number of hydrogen-bond acceptors (Lipinski definition) is 4. The molecule has 1 heterocycles. The van der Waals surface area contributed by atoms with Crippen LogP contribution in [0.15, 0.2) is 42.6 Å². The fourth-order valence-corrected chi connectivity index (χ4v) is 2.18. The third kappa shape index (κ3) is 2.14. The minimum absolute atomic E-state index is 0.166. The quantitative estimate of drug-likeness (QED) is 0.681. The lowest BCUT2D eigenvalue weighted by molar-refractivity contribution is 0.371. The lowest BCUT2D eigenvalue weighted by atomic mass is 10.1. The number of ether oxygens (including phenoxy) is 1. The Morgan fingerprint density at radius 2 is 2.10 bits per heavy atom. The maximum Gasteiger partial charge on any atom is 0.162 e. The number of aromatic nitrogens is 2. The van der Waals surface area contributed by atoms with E-state index in [0.29, 0.717) is 12.3 Å². The highest BCUT2D eigenvalue weighted by Crippen LogP contribution is 2.30.